The molecule has 0 fully saturated rings. The lowest BCUT2D eigenvalue weighted by molar-refractivity contribution is -0.116. The first-order valence-electron chi connectivity index (χ1n) is 8.25. The molecular formula is C19H19N3O5. The number of hydrogen-bond acceptors (Lipinski definition) is 4. The standard InChI is InChI=1S/C19H19N3O5/c1-2-5-16(23)20-13-10-8-12(9-11-13)17(24)21-22-18(25)14-6-3-4-7-15(14)19(26)27/h3-4,6-11H,2,5H2,1H3,(H,20,23)(H,21,24)(H,22,25)(H,26,27). The maximum absolute atomic E-state index is 12.1. The molecule has 0 aromatic heterocycles. The summed E-state index contributed by atoms with van der Waals surface area (Å²) in [5.74, 6) is -2.68. The van der Waals surface area contributed by atoms with E-state index in [2.05, 4.69) is 16.2 Å². The van der Waals surface area contributed by atoms with Gasteiger partial charge < -0.3 is 10.4 Å². The number of benzene rings is 2. The number of hydrogen-bond donors (Lipinski definition) is 4. The molecule has 0 bridgehead atoms. The lowest BCUT2D eigenvalue weighted by atomic mass is 10.1. The summed E-state index contributed by atoms with van der Waals surface area (Å²) in [5, 5.41) is 11.8. The molecule has 0 aliphatic heterocycles. The van der Waals surface area contributed by atoms with Crippen LogP contribution in [0.3, 0.4) is 0 Å². The van der Waals surface area contributed by atoms with E-state index >= 15 is 0 Å². The molecule has 2 rings (SSSR count). The van der Waals surface area contributed by atoms with Crippen molar-refractivity contribution in [2.24, 2.45) is 0 Å². The summed E-state index contributed by atoms with van der Waals surface area (Å²) in [6.07, 6.45) is 1.14. The van der Waals surface area contributed by atoms with Gasteiger partial charge in [0.05, 0.1) is 11.1 Å². The molecule has 0 saturated carbocycles. The van der Waals surface area contributed by atoms with Crippen LogP contribution in [0, 0.1) is 0 Å². The minimum atomic E-state index is -1.24. The van der Waals surface area contributed by atoms with Crippen molar-refractivity contribution in [3.63, 3.8) is 0 Å². The van der Waals surface area contributed by atoms with Gasteiger partial charge in [0.2, 0.25) is 5.91 Å². The lowest BCUT2D eigenvalue weighted by Crippen LogP contribution is -2.42. The second-order valence-corrected chi connectivity index (χ2v) is 5.63. The van der Waals surface area contributed by atoms with E-state index < -0.39 is 17.8 Å². The molecule has 0 heterocycles. The van der Waals surface area contributed by atoms with Crippen molar-refractivity contribution in [2.45, 2.75) is 19.8 Å². The Morgan fingerprint density at radius 3 is 2.04 bits per heavy atom. The molecular weight excluding hydrogens is 350 g/mol. The van der Waals surface area contributed by atoms with Gasteiger partial charge in [0, 0.05) is 17.7 Å². The van der Waals surface area contributed by atoms with Crippen LogP contribution in [0.4, 0.5) is 5.69 Å². The van der Waals surface area contributed by atoms with Crippen LogP contribution in [0.15, 0.2) is 48.5 Å². The molecule has 8 nitrogen and oxygen atoms in total. The summed E-state index contributed by atoms with van der Waals surface area (Å²) >= 11 is 0. The maximum atomic E-state index is 12.1. The molecule has 2 aromatic carbocycles. The van der Waals surface area contributed by atoms with Gasteiger partial charge in [0.25, 0.3) is 11.8 Å². The molecule has 0 spiro atoms. The second-order valence-electron chi connectivity index (χ2n) is 5.63. The summed E-state index contributed by atoms with van der Waals surface area (Å²) < 4.78 is 0. The minimum Gasteiger partial charge on any atom is -0.478 e. The number of carboxylic acids is 1. The van der Waals surface area contributed by atoms with Crippen LogP contribution in [0.1, 0.15) is 50.8 Å². The third-order valence-corrected chi connectivity index (χ3v) is 3.60. The topological polar surface area (TPSA) is 125 Å². The maximum Gasteiger partial charge on any atom is 0.336 e. The van der Waals surface area contributed by atoms with Crippen molar-refractivity contribution in [3.05, 3.63) is 65.2 Å². The molecule has 0 atom stereocenters. The number of rotatable bonds is 6. The molecule has 27 heavy (non-hydrogen) atoms. The molecule has 2 aromatic rings. The van der Waals surface area contributed by atoms with E-state index in [1.54, 1.807) is 12.1 Å². The zero-order chi connectivity index (χ0) is 19.8. The predicted octanol–water partition coefficient (Wildman–Crippen LogP) is 2.20. The number of carbonyl (C=O) groups excluding carboxylic acids is 3. The first kappa shape index (κ1) is 19.6. The molecule has 0 unspecified atom stereocenters. The fourth-order valence-electron chi connectivity index (χ4n) is 2.28. The molecule has 3 amide bonds. The number of nitrogens with one attached hydrogen (secondary N) is 3. The fraction of sp³-hybridized carbons (Fsp3) is 0.158. The first-order valence-corrected chi connectivity index (χ1v) is 8.25. The van der Waals surface area contributed by atoms with E-state index in [0.29, 0.717) is 12.1 Å². The summed E-state index contributed by atoms with van der Waals surface area (Å²) in [7, 11) is 0. The smallest absolute Gasteiger partial charge is 0.336 e. The van der Waals surface area contributed by atoms with Crippen LogP contribution in [-0.2, 0) is 4.79 Å². The quantitative estimate of drug-likeness (QED) is 0.581. The highest BCUT2D eigenvalue weighted by Crippen LogP contribution is 2.11. The van der Waals surface area contributed by atoms with Gasteiger partial charge in [-0.25, -0.2) is 4.79 Å². The van der Waals surface area contributed by atoms with Gasteiger partial charge in [-0.15, -0.1) is 0 Å². The zero-order valence-corrected chi connectivity index (χ0v) is 14.6. The van der Waals surface area contributed by atoms with Crippen LogP contribution < -0.4 is 16.2 Å². The van der Waals surface area contributed by atoms with Gasteiger partial charge in [-0.1, -0.05) is 19.1 Å². The third-order valence-electron chi connectivity index (χ3n) is 3.60. The summed E-state index contributed by atoms with van der Waals surface area (Å²) in [6.45, 7) is 1.90. The van der Waals surface area contributed by atoms with E-state index in [0.717, 1.165) is 6.42 Å². The van der Waals surface area contributed by atoms with Crippen LogP contribution in [0.2, 0.25) is 0 Å². The number of carbonyl (C=O) groups is 4. The molecule has 0 radical (unpaired) electrons. The Morgan fingerprint density at radius 2 is 1.44 bits per heavy atom. The fourth-order valence-corrected chi connectivity index (χ4v) is 2.28. The largest absolute Gasteiger partial charge is 0.478 e. The monoisotopic (exact) mass is 369 g/mol. The van der Waals surface area contributed by atoms with Crippen molar-refractivity contribution in [2.75, 3.05) is 5.32 Å². The van der Waals surface area contributed by atoms with Crippen molar-refractivity contribution < 1.29 is 24.3 Å². The van der Waals surface area contributed by atoms with Crippen molar-refractivity contribution in [1.29, 1.82) is 0 Å². The lowest BCUT2D eigenvalue weighted by Gasteiger charge is -2.10. The molecule has 4 N–H and O–H groups in total. The Kier molecular flexibility index (Phi) is 6.65. The number of aromatic carboxylic acids is 1. The predicted molar refractivity (Wildman–Crippen MR) is 98.3 cm³/mol. The van der Waals surface area contributed by atoms with Crippen LogP contribution in [0.25, 0.3) is 0 Å². The number of hydrazine groups is 1. The normalized spacial score (nSPS) is 9.96. The Hall–Kier alpha value is -3.68. The highest BCUT2D eigenvalue weighted by atomic mass is 16.4. The number of amides is 3. The highest BCUT2D eigenvalue weighted by Gasteiger charge is 2.16. The molecule has 0 aliphatic carbocycles. The van der Waals surface area contributed by atoms with Gasteiger partial charge in [0.15, 0.2) is 0 Å². The van der Waals surface area contributed by atoms with Crippen LogP contribution in [-0.4, -0.2) is 28.8 Å². The molecule has 8 heteroatoms. The first-order chi connectivity index (χ1) is 12.9. The van der Waals surface area contributed by atoms with Gasteiger partial charge in [-0.05, 0) is 42.8 Å². The van der Waals surface area contributed by atoms with E-state index in [1.807, 2.05) is 6.92 Å². The van der Waals surface area contributed by atoms with E-state index in [9.17, 15) is 19.2 Å². The average Bonchev–Trinajstić information content (AvgIpc) is 2.66. The highest BCUT2D eigenvalue weighted by molar-refractivity contribution is 6.06. The van der Waals surface area contributed by atoms with E-state index in [4.69, 9.17) is 5.11 Å². The van der Waals surface area contributed by atoms with Crippen LogP contribution in [0.5, 0.6) is 0 Å². The van der Waals surface area contributed by atoms with Crippen molar-refractivity contribution in [3.8, 4) is 0 Å². The minimum absolute atomic E-state index is 0.0701. The van der Waals surface area contributed by atoms with Gasteiger partial charge in [0.1, 0.15) is 0 Å². The van der Waals surface area contributed by atoms with Gasteiger partial charge >= 0.3 is 5.97 Å². The number of anilines is 1. The van der Waals surface area contributed by atoms with Crippen LogP contribution >= 0.6 is 0 Å². The Balaban J connectivity index is 1.97. The van der Waals surface area contributed by atoms with Crippen molar-refractivity contribution >= 4 is 29.4 Å². The molecule has 0 saturated heterocycles. The Morgan fingerprint density at radius 1 is 0.852 bits per heavy atom. The average molecular weight is 369 g/mol. The summed E-state index contributed by atoms with van der Waals surface area (Å²) in [4.78, 5) is 46.9. The Bertz CT molecular complexity index is 862. The summed E-state index contributed by atoms with van der Waals surface area (Å²) in [6, 6.07) is 11.8. The SMILES string of the molecule is CCCC(=O)Nc1ccc(C(=O)NNC(=O)c2ccccc2C(=O)O)cc1. The Labute approximate surface area is 155 Å². The summed E-state index contributed by atoms with van der Waals surface area (Å²) in [5.41, 5.74) is 4.99. The van der Waals surface area contributed by atoms with E-state index in [-0.39, 0.29) is 22.6 Å². The molecule has 140 valence electrons. The third kappa shape index (κ3) is 5.40. The zero-order valence-electron chi connectivity index (χ0n) is 14.6. The number of carboxylic acid groups (broad SMARTS) is 1. The van der Waals surface area contributed by atoms with Gasteiger partial charge in [-0.2, -0.15) is 0 Å². The van der Waals surface area contributed by atoms with E-state index in [1.165, 1.54) is 36.4 Å². The second kappa shape index (κ2) is 9.14. The van der Waals surface area contributed by atoms with Crippen molar-refractivity contribution in [1.82, 2.24) is 10.9 Å². The van der Waals surface area contributed by atoms with Gasteiger partial charge in [-0.3, -0.25) is 25.2 Å². The molecule has 0 aliphatic rings.